The lowest BCUT2D eigenvalue weighted by Gasteiger charge is -2.41. The molecule has 0 saturated carbocycles. The Kier molecular flexibility index (Phi) is 6.46. The summed E-state index contributed by atoms with van der Waals surface area (Å²) in [5, 5.41) is 3.11. The van der Waals surface area contributed by atoms with Crippen LogP contribution in [0.3, 0.4) is 0 Å². The van der Waals surface area contributed by atoms with Crippen LogP contribution < -0.4 is 10.1 Å². The number of nitrogens with one attached hydrogen (secondary N) is 1. The number of benzene rings is 1. The van der Waals surface area contributed by atoms with E-state index < -0.39 is 0 Å². The lowest BCUT2D eigenvalue weighted by molar-refractivity contribution is -0.121. The van der Waals surface area contributed by atoms with Crippen molar-refractivity contribution in [3.63, 3.8) is 0 Å². The summed E-state index contributed by atoms with van der Waals surface area (Å²) in [5.41, 5.74) is 1.17. The Balaban J connectivity index is 1.75. The van der Waals surface area contributed by atoms with Gasteiger partial charge in [-0.05, 0) is 63.9 Å². The van der Waals surface area contributed by atoms with Crippen molar-refractivity contribution in [1.82, 2.24) is 10.2 Å². The van der Waals surface area contributed by atoms with Crippen LogP contribution in [-0.2, 0) is 11.2 Å². The number of rotatable bonds is 7. The number of ether oxygens (including phenoxy) is 1. The van der Waals surface area contributed by atoms with Gasteiger partial charge < -0.3 is 10.1 Å². The molecule has 0 spiro atoms. The van der Waals surface area contributed by atoms with Gasteiger partial charge in [-0.2, -0.15) is 0 Å². The number of methoxy groups -OCH3 is 1. The van der Waals surface area contributed by atoms with Gasteiger partial charge in [-0.3, -0.25) is 9.69 Å². The molecule has 1 amide bonds. The lowest BCUT2D eigenvalue weighted by atomic mass is 9.98. The zero-order chi connectivity index (χ0) is 16.7. The average Bonchev–Trinajstić information content (AvgIpc) is 2.59. The van der Waals surface area contributed by atoms with E-state index in [2.05, 4.69) is 24.1 Å². The maximum Gasteiger partial charge on any atom is 0.220 e. The first-order valence-corrected chi connectivity index (χ1v) is 8.66. The number of piperidine rings is 1. The third kappa shape index (κ3) is 5.54. The molecular weight excluding hydrogens is 288 g/mol. The minimum Gasteiger partial charge on any atom is -0.497 e. The van der Waals surface area contributed by atoms with Crippen molar-refractivity contribution < 1.29 is 9.53 Å². The smallest absolute Gasteiger partial charge is 0.220 e. The maximum atomic E-state index is 12.1. The second kappa shape index (κ2) is 8.34. The number of hydrogen-bond acceptors (Lipinski definition) is 3. The molecule has 128 valence electrons. The third-order valence-corrected chi connectivity index (χ3v) is 4.71. The van der Waals surface area contributed by atoms with Crippen molar-refractivity contribution in [2.24, 2.45) is 0 Å². The van der Waals surface area contributed by atoms with E-state index >= 15 is 0 Å². The fourth-order valence-corrected chi connectivity index (χ4v) is 3.10. The van der Waals surface area contributed by atoms with E-state index in [1.54, 1.807) is 7.11 Å². The Morgan fingerprint density at radius 1 is 1.26 bits per heavy atom. The molecule has 4 heteroatoms. The summed E-state index contributed by atoms with van der Waals surface area (Å²) in [5.74, 6) is 0.965. The highest BCUT2D eigenvalue weighted by atomic mass is 16.5. The quantitative estimate of drug-likeness (QED) is 0.840. The number of carbonyl (C=O) groups excluding carboxylic acids is 1. The number of hydrogen-bond donors (Lipinski definition) is 1. The van der Waals surface area contributed by atoms with E-state index in [0.29, 0.717) is 13.0 Å². The van der Waals surface area contributed by atoms with E-state index in [-0.39, 0.29) is 11.4 Å². The van der Waals surface area contributed by atoms with E-state index in [1.165, 1.54) is 19.3 Å². The van der Waals surface area contributed by atoms with E-state index in [0.717, 1.165) is 30.8 Å². The van der Waals surface area contributed by atoms with Crippen molar-refractivity contribution in [2.45, 2.75) is 51.5 Å². The monoisotopic (exact) mass is 318 g/mol. The molecule has 0 aliphatic carbocycles. The second-order valence-electron chi connectivity index (χ2n) is 6.99. The molecule has 1 aromatic rings. The molecule has 23 heavy (non-hydrogen) atoms. The van der Waals surface area contributed by atoms with Gasteiger partial charge in [0.1, 0.15) is 5.75 Å². The van der Waals surface area contributed by atoms with Gasteiger partial charge in [0.25, 0.3) is 0 Å². The van der Waals surface area contributed by atoms with Gasteiger partial charge in [-0.25, -0.2) is 0 Å². The van der Waals surface area contributed by atoms with Gasteiger partial charge in [0.05, 0.1) is 7.11 Å². The fourth-order valence-electron chi connectivity index (χ4n) is 3.10. The summed E-state index contributed by atoms with van der Waals surface area (Å²) in [6, 6.07) is 7.91. The van der Waals surface area contributed by atoms with Crippen LogP contribution in [0, 0.1) is 0 Å². The number of carbonyl (C=O) groups is 1. The van der Waals surface area contributed by atoms with Gasteiger partial charge >= 0.3 is 0 Å². The average molecular weight is 318 g/mol. The first-order valence-electron chi connectivity index (χ1n) is 8.66. The van der Waals surface area contributed by atoms with Crippen molar-refractivity contribution in [3.8, 4) is 5.75 Å². The Hall–Kier alpha value is -1.55. The van der Waals surface area contributed by atoms with Crippen LogP contribution in [0.5, 0.6) is 5.75 Å². The van der Waals surface area contributed by atoms with E-state index in [4.69, 9.17) is 4.74 Å². The Labute approximate surface area is 140 Å². The minimum atomic E-state index is 0.0338. The van der Waals surface area contributed by atoms with Crippen molar-refractivity contribution in [1.29, 1.82) is 0 Å². The topological polar surface area (TPSA) is 41.6 Å². The van der Waals surface area contributed by atoms with Crippen LogP contribution in [0.2, 0.25) is 0 Å². The summed E-state index contributed by atoms with van der Waals surface area (Å²) in [6.07, 6.45) is 5.14. The molecule has 1 heterocycles. The molecule has 0 radical (unpaired) electrons. The number of aryl methyl sites for hydroxylation is 1. The van der Waals surface area contributed by atoms with Gasteiger partial charge in [0.2, 0.25) is 5.91 Å². The third-order valence-electron chi connectivity index (χ3n) is 4.71. The second-order valence-corrected chi connectivity index (χ2v) is 6.99. The molecule has 1 N–H and O–H groups in total. The SMILES string of the molecule is COc1cccc(CCC(=O)NCC(C)(C)N2CCCCC2)c1. The van der Waals surface area contributed by atoms with Crippen LogP contribution in [0.4, 0.5) is 0 Å². The number of nitrogens with zero attached hydrogens (tertiary/aromatic N) is 1. The summed E-state index contributed by atoms with van der Waals surface area (Å²) in [4.78, 5) is 14.6. The molecule has 1 fully saturated rings. The summed E-state index contributed by atoms with van der Waals surface area (Å²) < 4.78 is 5.21. The lowest BCUT2D eigenvalue weighted by Crippen LogP contribution is -2.53. The molecule has 4 nitrogen and oxygen atoms in total. The summed E-state index contributed by atoms with van der Waals surface area (Å²) in [7, 11) is 1.66. The van der Waals surface area contributed by atoms with E-state index in [1.807, 2.05) is 24.3 Å². The predicted octanol–water partition coefficient (Wildman–Crippen LogP) is 3.01. The first-order chi connectivity index (χ1) is 11.0. The summed E-state index contributed by atoms with van der Waals surface area (Å²) >= 11 is 0. The summed E-state index contributed by atoms with van der Waals surface area (Å²) in [6.45, 7) is 7.45. The molecular formula is C19H30N2O2. The van der Waals surface area contributed by atoms with Crippen LogP contribution in [0.25, 0.3) is 0 Å². The largest absolute Gasteiger partial charge is 0.497 e. The molecule has 0 bridgehead atoms. The van der Waals surface area contributed by atoms with Gasteiger partial charge in [-0.15, -0.1) is 0 Å². The van der Waals surface area contributed by atoms with Crippen LogP contribution in [0.15, 0.2) is 24.3 Å². The number of likely N-dealkylation sites (tertiary alicyclic amines) is 1. The molecule has 1 aliphatic rings. The first kappa shape index (κ1) is 17.8. The Morgan fingerprint density at radius 2 is 2.00 bits per heavy atom. The molecule has 1 saturated heterocycles. The maximum absolute atomic E-state index is 12.1. The highest BCUT2D eigenvalue weighted by Gasteiger charge is 2.28. The van der Waals surface area contributed by atoms with Crippen molar-refractivity contribution in [2.75, 3.05) is 26.7 Å². The molecule has 2 rings (SSSR count). The van der Waals surface area contributed by atoms with E-state index in [9.17, 15) is 4.79 Å². The normalized spacial score (nSPS) is 16.1. The molecule has 0 unspecified atom stereocenters. The molecule has 0 aromatic heterocycles. The fraction of sp³-hybridized carbons (Fsp3) is 0.632. The van der Waals surface area contributed by atoms with Crippen molar-refractivity contribution in [3.05, 3.63) is 29.8 Å². The highest BCUT2D eigenvalue weighted by molar-refractivity contribution is 5.76. The highest BCUT2D eigenvalue weighted by Crippen LogP contribution is 2.20. The minimum absolute atomic E-state index is 0.0338. The van der Waals surface area contributed by atoms with Crippen LogP contribution in [-0.4, -0.2) is 43.1 Å². The Bertz CT molecular complexity index is 508. The molecule has 1 aromatic carbocycles. The van der Waals surface area contributed by atoms with Crippen LogP contribution >= 0.6 is 0 Å². The van der Waals surface area contributed by atoms with Crippen LogP contribution in [0.1, 0.15) is 45.1 Å². The zero-order valence-electron chi connectivity index (χ0n) is 14.7. The zero-order valence-corrected chi connectivity index (χ0v) is 14.7. The number of amides is 1. The van der Waals surface area contributed by atoms with Gasteiger partial charge in [0, 0.05) is 18.5 Å². The molecule has 1 aliphatic heterocycles. The van der Waals surface area contributed by atoms with Gasteiger partial charge in [-0.1, -0.05) is 18.6 Å². The van der Waals surface area contributed by atoms with Gasteiger partial charge in [0.15, 0.2) is 0 Å². The predicted molar refractivity (Wildman–Crippen MR) is 93.8 cm³/mol. The Morgan fingerprint density at radius 3 is 2.70 bits per heavy atom. The standard InChI is InChI=1S/C19H30N2O2/c1-19(2,21-12-5-4-6-13-21)15-20-18(22)11-10-16-8-7-9-17(14-16)23-3/h7-9,14H,4-6,10-13,15H2,1-3H3,(H,20,22). The molecule has 0 atom stereocenters. The van der Waals surface area contributed by atoms with Crippen molar-refractivity contribution >= 4 is 5.91 Å².